The van der Waals surface area contributed by atoms with Gasteiger partial charge in [-0.05, 0) is 57.9 Å². The summed E-state index contributed by atoms with van der Waals surface area (Å²) in [5.74, 6) is 1.78. The van der Waals surface area contributed by atoms with Crippen LogP contribution in [0.4, 0.5) is 0 Å². The van der Waals surface area contributed by atoms with Crippen LogP contribution >= 0.6 is 31.9 Å². The molecule has 0 bridgehead atoms. The van der Waals surface area contributed by atoms with Crippen molar-refractivity contribution < 1.29 is 9.47 Å². The summed E-state index contributed by atoms with van der Waals surface area (Å²) in [4.78, 5) is 0. The van der Waals surface area contributed by atoms with Crippen molar-refractivity contribution in [3.8, 4) is 11.5 Å². The molecule has 0 atom stereocenters. The molecule has 0 heterocycles. The van der Waals surface area contributed by atoms with Crippen LogP contribution in [0.5, 0.6) is 11.5 Å². The van der Waals surface area contributed by atoms with E-state index in [2.05, 4.69) is 80.4 Å². The Morgan fingerprint density at radius 3 is 1.48 bits per heavy atom. The minimum Gasteiger partial charge on any atom is -0.496 e. The van der Waals surface area contributed by atoms with Crippen molar-refractivity contribution in [2.24, 2.45) is 0 Å². The van der Waals surface area contributed by atoms with Crippen molar-refractivity contribution in [1.29, 1.82) is 0 Å². The molecule has 4 rings (SSSR count). The Balaban J connectivity index is 1.97. The number of halogens is 2. The number of hydrogen-bond acceptors (Lipinski definition) is 2. The highest BCUT2D eigenvalue weighted by Crippen LogP contribution is 2.37. The fourth-order valence-electron chi connectivity index (χ4n) is 3.61. The van der Waals surface area contributed by atoms with E-state index in [-0.39, 0.29) is 0 Å². The van der Waals surface area contributed by atoms with Gasteiger partial charge in [-0.15, -0.1) is 0 Å². The maximum absolute atomic E-state index is 5.70. The molecule has 0 aliphatic rings. The molecule has 4 heteroatoms. The number of ether oxygens (including phenoxy) is 2. The lowest BCUT2D eigenvalue weighted by Crippen LogP contribution is -1.99. The summed E-state index contributed by atoms with van der Waals surface area (Å²) < 4.78 is 13.5. The third kappa shape index (κ3) is 3.44. The fraction of sp³-hybridized carbons (Fsp3) is 0.130. The van der Waals surface area contributed by atoms with E-state index in [1.807, 2.05) is 12.1 Å². The summed E-state index contributed by atoms with van der Waals surface area (Å²) >= 11 is 7.13. The standard InChI is InChI=1S/C23H18Br2O2/c1-26-22-9-3-14-11-16(24)5-7-18(14)20(22)13-21-19-8-6-17(25)12-15(19)4-10-23(21)27-2/h3-12H,13H2,1-2H3. The second kappa shape index (κ2) is 7.53. The van der Waals surface area contributed by atoms with Gasteiger partial charge in [-0.25, -0.2) is 0 Å². The minimum atomic E-state index is 0.726. The molecular formula is C23H18Br2O2. The van der Waals surface area contributed by atoms with Crippen LogP contribution in [0.25, 0.3) is 21.5 Å². The summed E-state index contributed by atoms with van der Waals surface area (Å²) in [7, 11) is 3.45. The minimum absolute atomic E-state index is 0.726. The number of hydrogen-bond donors (Lipinski definition) is 0. The first-order chi connectivity index (χ1) is 13.1. The van der Waals surface area contributed by atoms with Gasteiger partial charge in [0.2, 0.25) is 0 Å². The normalized spacial score (nSPS) is 11.1. The quantitative estimate of drug-likeness (QED) is 0.306. The van der Waals surface area contributed by atoms with Gasteiger partial charge in [-0.2, -0.15) is 0 Å². The van der Waals surface area contributed by atoms with Gasteiger partial charge in [-0.3, -0.25) is 0 Å². The Labute approximate surface area is 175 Å². The molecule has 4 aromatic carbocycles. The molecule has 0 saturated carbocycles. The van der Waals surface area contributed by atoms with E-state index < -0.39 is 0 Å². The smallest absolute Gasteiger partial charge is 0.123 e. The van der Waals surface area contributed by atoms with Crippen molar-refractivity contribution in [2.75, 3.05) is 14.2 Å². The summed E-state index contributed by atoms with van der Waals surface area (Å²) in [6.07, 6.45) is 0.726. The SMILES string of the molecule is COc1ccc2cc(Br)ccc2c1Cc1c(OC)ccc2cc(Br)ccc12. The number of methoxy groups -OCH3 is 2. The molecular weight excluding hydrogens is 468 g/mol. The lowest BCUT2D eigenvalue weighted by atomic mass is 9.93. The van der Waals surface area contributed by atoms with Crippen LogP contribution in [-0.2, 0) is 6.42 Å². The van der Waals surface area contributed by atoms with E-state index >= 15 is 0 Å². The topological polar surface area (TPSA) is 18.5 Å². The molecule has 0 aromatic heterocycles. The van der Waals surface area contributed by atoms with Crippen LogP contribution in [0.15, 0.2) is 69.6 Å². The van der Waals surface area contributed by atoms with Gasteiger partial charge in [0.25, 0.3) is 0 Å². The first-order valence-electron chi connectivity index (χ1n) is 8.61. The maximum Gasteiger partial charge on any atom is 0.123 e. The van der Waals surface area contributed by atoms with E-state index in [0.717, 1.165) is 38.0 Å². The zero-order valence-corrected chi connectivity index (χ0v) is 18.2. The van der Waals surface area contributed by atoms with Gasteiger partial charge < -0.3 is 9.47 Å². The zero-order chi connectivity index (χ0) is 19.0. The van der Waals surface area contributed by atoms with Crippen molar-refractivity contribution in [2.45, 2.75) is 6.42 Å². The highest BCUT2D eigenvalue weighted by Gasteiger charge is 2.15. The van der Waals surface area contributed by atoms with E-state index in [1.165, 1.54) is 21.5 Å². The summed E-state index contributed by atoms with van der Waals surface area (Å²) in [5, 5.41) is 4.74. The molecule has 0 saturated heterocycles. The largest absolute Gasteiger partial charge is 0.496 e. The van der Waals surface area contributed by atoms with Gasteiger partial charge >= 0.3 is 0 Å². The van der Waals surface area contributed by atoms with Gasteiger partial charge in [-0.1, -0.05) is 56.1 Å². The lowest BCUT2D eigenvalue weighted by Gasteiger charge is -2.16. The molecule has 0 aliphatic heterocycles. The van der Waals surface area contributed by atoms with Gasteiger partial charge in [0.15, 0.2) is 0 Å². The molecule has 2 nitrogen and oxygen atoms in total. The average Bonchev–Trinajstić information content (AvgIpc) is 2.67. The predicted molar refractivity (Wildman–Crippen MR) is 119 cm³/mol. The third-order valence-electron chi connectivity index (χ3n) is 4.89. The molecule has 136 valence electrons. The van der Waals surface area contributed by atoms with Crippen molar-refractivity contribution >= 4 is 53.4 Å². The average molecular weight is 486 g/mol. The summed E-state index contributed by atoms with van der Waals surface area (Å²) in [6, 6.07) is 21.0. The Bertz CT molecular complexity index is 1060. The van der Waals surface area contributed by atoms with Crippen LogP contribution in [0.2, 0.25) is 0 Å². The second-order valence-electron chi connectivity index (χ2n) is 6.40. The van der Waals surface area contributed by atoms with E-state index in [4.69, 9.17) is 9.47 Å². The molecule has 27 heavy (non-hydrogen) atoms. The van der Waals surface area contributed by atoms with Gasteiger partial charge in [0, 0.05) is 26.5 Å². The lowest BCUT2D eigenvalue weighted by molar-refractivity contribution is 0.406. The molecule has 0 amide bonds. The molecule has 0 fully saturated rings. The molecule has 0 aliphatic carbocycles. The summed E-state index contributed by atoms with van der Waals surface area (Å²) in [5.41, 5.74) is 2.33. The summed E-state index contributed by atoms with van der Waals surface area (Å²) in [6.45, 7) is 0. The first kappa shape index (κ1) is 18.3. The van der Waals surface area contributed by atoms with Crippen molar-refractivity contribution in [3.05, 3.63) is 80.7 Å². The first-order valence-corrected chi connectivity index (χ1v) is 10.2. The Morgan fingerprint density at radius 2 is 1.07 bits per heavy atom. The van der Waals surface area contributed by atoms with Crippen molar-refractivity contribution in [1.82, 2.24) is 0 Å². The van der Waals surface area contributed by atoms with Gasteiger partial charge in [0.1, 0.15) is 11.5 Å². The van der Waals surface area contributed by atoms with Crippen molar-refractivity contribution in [3.63, 3.8) is 0 Å². The molecule has 4 aromatic rings. The van der Waals surface area contributed by atoms with Crippen LogP contribution in [0.3, 0.4) is 0 Å². The zero-order valence-electron chi connectivity index (χ0n) is 15.1. The number of fused-ring (bicyclic) bond motifs is 2. The van der Waals surface area contributed by atoms with Crippen LogP contribution < -0.4 is 9.47 Å². The van der Waals surface area contributed by atoms with E-state index in [1.54, 1.807) is 14.2 Å². The molecule has 0 unspecified atom stereocenters. The number of rotatable bonds is 4. The third-order valence-corrected chi connectivity index (χ3v) is 5.88. The Morgan fingerprint density at radius 1 is 0.630 bits per heavy atom. The Kier molecular flexibility index (Phi) is 5.11. The highest BCUT2D eigenvalue weighted by atomic mass is 79.9. The van der Waals surface area contributed by atoms with E-state index in [9.17, 15) is 0 Å². The Hall–Kier alpha value is -2.04. The highest BCUT2D eigenvalue weighted by molar-refractivity contribution is 9.10. The van der Waals surface area contributed by atoms with Crippen LogP contribution in [0, 0.1) is 0 Å². The molecule has 0 radical (unpaired) electrons. The monoisotopic (exact) mass is 484 g/mol. The van der Waals surface area contributed by atoms with Gasteiger partial charge in [0.05, 0.1) is 14.2 Å². The van der Waals surface area contributed by atoms with E-state index in [0.29, 0.717) is 0 Å². The second-order valence-corrected chi connectivity index (χ2v) is 8.23. The predicted octanol–water partition coefficient (Wildman–Crippen LogP) is 7.13. The molecule has 0 spiro atoms. The maximum atomic E-state index is 5.70. The van der Waals surface area contributed by atoms with Crippen LogP contribution in [-0.4, -0.2) is 14.2 Å². The van der Waals surface area contributed by atoms with Crippen LogP contribution in [0.1, 0.15) is 11.1 Å². The fourth-order valence-corrected chi connectivity index (χ4v) is 4.37. The molecule has 0 N–H and O–H groups in total. The number of benzene rings is 4.